The Labute approximate surface area is 206 Å². The van der Waals surface area contributed by atoms with Crippen LogP contribution >= 0.6 is 11.6 Å². The molecule has 1 aliphatic rings. The largest absolute Gasteiger partial charge is 0.461 e. The number of anilines is 1. The predicted molar refractivity (Wildman–Crippen MR) is 127 cm³/mol. The van der Waals surface area contributed by atoms with Crippen LogP contribution in [0.1, 0.15) is 28.0 Å². The number of nitrogens with zero attached hydrogens (tertiary/aromatic N) is 6. The summed E-state index contributed by atoms with van der Waals surface area (Å²) >= 11 is 5.98. The summed E-state index contributed by atoms with van der Waals surface area (Å²) in [6, 6.07) is 8.31. The molecule has 0 radical (unpaired) electrons. The zero-order valence-corrected chi connectivity index (χ0v) is 20.0. The number of halogens is 3. The fraction of sp³-hybridized carbons (Fsp3) is 0.391. The van der Waals surface area contributed by atoms with Crippen molar-refractivity contribution in [1.82, 2.24) is 29.5 Å². The number of hydrogen-bond donors (Lipinski definition) is 1. The van der Waals surface area contributed by atoms with Gasteiger partial charge in [0.25, 0.3) is 0 Å². The first kappa shape index (κ1) is 25.0. The summed E-state index contributed by atoms with van der Waals surface area (Å²) in [6.45, 7) is 1.89. The van der Waals surface area contributed by atoms with Crippen LogP contribution in [0.5, 0.6) is 0 Å². The number of nitrogen functional groups attached to an aromatic ring is 1. The Hall–Kier alpha value is -3.15. The molecule has 35 heavy (non-hydrogen) atoms. The van der Waals surface area contributed by atoms with E-state index >= 15 is 0 Å². The maximum Gasteiger partial charge on any atom is 0.338 e. The highest BCUT2D eigenvalue weighted by Gasteiger charge is 2.21. The molecule has 0 unspecified atom stereocenters. The molecule has 186 valence electrons. The first-order valence-electron chi connectivity index (χ1n) is 11.1. The Kier molecular flexibility index (Phi) is 7.89. The maximum absolute atomic E-state index is 13.4. The SMILES string of the molecule is CN1CCN(CCOC(=O)c2ccccc2Cc2cn(C(F)F)nc2-c2cc(Cl)nc(N)n2)CC1. The standard InChI is InChI=1S/C23H26ClF2N7O2/c1-31-6-8-32(9-7-31)10-11-35-21(34)17-5-3-2-4-15(17)12-16-14-33(22(25)26)30-20(16)18-13-19(24)29-23(27)28-18/h2-5,13-14,22H,6-12H2,1H3,(H2,27,28,29). The molecule has 1 aliphatic heterocycles. The van der Waals surface area contributed by atoms with Crippen LogP contribution in [-0.2, 0) is 11.2 Å². The Morgan fingerprint density at radius 3 is 2.63 bits per heavy atom. The van der Waals surface area contributed by atoms with Crippen molar-refractivity contribution in [3.8, 4) is 11.4 Å². The van der Waals surface area contributed by atoms with Crippen molar-refractivity contribution in [1.29, 1.82) is 0 Å². The van der Waals surface area contributed by atoms with Crippen molar-refractivity contribution in [2.45, 2.75) is 13.0 Å². The fourth-order valence-electron chi connectivity index (χ4n) is 3.93. The number of nitrogens with two attached hydrogens (primary N) is 1. The number of hydrogen-bond acceptors (Lipinski definition) is 8. The molecule has 0 saturated carbocycles. The van der Waals surface area contributed by atoms with E-state index in [-0.39, 0.29) is 35.5 Å². The van der Waals surface area contributed by atoms with Crippen LogP contribution in [0, 0.1) is 0 Å². The van der Waals surface area contributed by atoms with Gasteiger partial charge in [0.2, 0.25) is 5.95 Å². The second kappa shape index (κ2) is 11.1. The Morgan fingerprint density at radius 2 is 1.91 bits per heavy atom. The fourth-order valence-corrected chi connectivity index (χ4v) is 4.12. The van der Waals surface area contributed by atoms with Crippen LogP contribution in [0.4, 0.5) is 14.7 Å². The molecule has 3 heterocycles. The minimum Gasteiger partial charge on any atom is -0.461 e. The van der Waals surface area contributed by atoms with Gasteiger partial charge in [-0.05, 0) is 18.7 Å². The zero-order valence-electron chi connectivity index (χ0n) is 19.2. The quantitative estimate of drug-likeness (QED) is 0.368. The summed E-state index contributed by atoms with van der Waals surface area (Å²) in [5.74, 6) is -0.568. The average molecular weight is 506 g/mol. The summed E-state index contributed by atoms with van der Waals surface area (Å²) < 4.78 is 32.9. The molecule has 9 nitrogen and oxygen atoms in total. The highest BCUT2D eigenvalue weighted by atomic mass is 35.5. The van der Waals surface area contributed by atoms with Gasteiger partial charge in [0.1, 0.15) is 17.5 Å². The topological polar surface area (TPSA) is 102 Å². The molecular weight excluding hydrogens is 480 g/mol. The molecule has 0 spiro atoms. The van der Waals surface area contributed by atoms with E-state index in [9.17, 15) is 13.6 Å². The summed E-state index contributed by atoms with van der Waals surface area (Å²) in [5, 5.41) is 4.04. The van der Waals surface area contributed by atoms with E-state index in [0.29, 0.717) is 27.9 Å². The Balaban J connectivity index is 1.52. The third-order valence-corrected chi connectivity index (χ3v) is 6.01. The summed E-state index contributed by atoms with van der Waals surface area (Å²) in [4.78, 5) is 25.3. The Morgan fingerprint density at radius 1 is 1.17 bits per heavy atom. The van der Waals surface area contributed by atoms with Gasteiger partial charge in [-0.1, -0.05) is 29.8 Å². The minimum atomic E-state index is -2.85. The second-order valence-corrected chi connectivity index (χ2v) is 8.70. The van der Waals surface area contributed by atoms with E-state index in [2.05, 4.69) is 31.9 Å². The average Bonchev–Trinajstić information content (AvgIpc) is 3.24. The lowest BCUT2D eigenvalue weighted by Crippen LogP contribution is -2.45. The third kappa shape index (κ3) is 6.30. The number of alkyl halides is 2. The molecule has 0 atom stereocenters. The van der Waals surface area contributed by atoms with E-state index in [1.165, 1.54) is 12.3 Å². The number of ether oxygens (including phenoxy) is 1. The van der Waals surface area contributed by atoms with Crippen molar-refractivity contribution in [2.75, 3.05) is 52.1 Å². The molecule has 0 amide bonds. The van der Waals surface area contributed by atoms with Gasteiger partial charge in [-0.3, -0.25) is 4.90 Å². The van der Waals surface area contributed by atoms with Gasteiger partial charge in [-0.2, -0.15) is 13.9 Å². The van der Waals surface area contributed by atoms with E-state index in [1.54, 1.807) is 24.3 Å². The highest BCUT2D eigenvalue weighted by Crippen LogP contribution is 2.28. The lowest BCUT2D eigenvalue weighted by molar-refractivity contribution is 0.0431. The van der Waals surface area contributed by atoms with Crippen LogP contribution in [0.15, 0.2) is 36.5 Å². The van der Waals surface area contributed by atoms with Gasteiger partial charge in [0, 0.05) is 57.0 Å². The van der Waals surface area contributed by atoms with Gasteiger partial charge >= 0.3 is 12.5 Å². The van der Waals surface area contributed by atoms with E-state index in [4.69, 9.17) is 22.1 Å². The van der Waals surface area contributed by atoms with Crippen LogP contribution in [0.3, 0.4) is 0 Å². The number of esters is 1. The molecule has 4 rings (SSSR count). The molecule has 0 aliphatic carbocycles. The van der Waals surface area contributed by atoms with Crippen LogP contribution in [0.2, 0.25) is 5.15 Å². The van der Waals surface area contributed by atoms with E-state index < -0.39 is 12.5 Å². The second-order valence-electron chi connectivity index (χ2n) is 8.31. The number of aromatic nitrogens is 4. The van der Waals surface area contributed by atoms with Crippen LogP contribution < -0.4 is 5.73 Å². The van der Waals surface area contributed by atoms with E-state index in [1.807, 2.05) is 0 Å². The molecule has 1 saturated heterocycles. The summed E-state index contributed by atoms with van der Waals surface area (Å²) in [5.41, 5.74) is 7.48. The van der Waals surface area contributed by atoms with Crippen molar-refractivity contribution in [2.24, 2.45) is 0 Å². The minimum absolute atomic E-state index is 0.0642. The number of likely N-dealkylation sites (N-methyl/N-ethyl adjacent to an activating group) is 1. The van der Waals surface area contributed by atoms with Gasteiger partial charge in [-0.15, -0.1) is 0 Å². The molecule has 0 bridgehead atoms. The van der Waals surface area contributed by atoms with Crippen molar-refractivity contribution >= 4 is 23.5 Å². The molecular formula is C23H26ClF2N7O2. The summed E-state index contributed by atoms with van der Waals surface area (Å²) in [7, 11) is 2.08. The number of carbonyl (C=O) groups excluding carboxylic acids is 1. The van der Waals surface area contributed by atoms with E-state index in [0.717, 1.165) is 26.2 Å². The number of benzene rings is 1. The smallest absolute Gasteiger partial charge is 0.338 e. The molecule has 3 aromatic rings. The van der Waals surface area contributed by atoms with Crippen molar-refractivity contribution in [3.63, 3.8) is 0 Å². The molecule has 1 aromatic carbocycles. The molecule has 1 fully saturated rings. The number of carbonyl (C=O) groups is 1. The first-order valence-corrected chi connectivity index (χ1v) is 11.5. The normalized spacial score (nSPS) is 15.0. The number of piperazine rings is 1. The van der Waals surface area contributed by atoms with Crippen LogP contribution in [-0.4, -0.2) is 81.9 Å². The molecule has 2 N–H and O–H groups in total. The predicted octanol–water partition coefficient (Wildman–Crippen LogP) is 2.97. The van der Waals surface area contributed by atoms with Crippen molar-refractivity contribution in [3.05, 3.63) is 58.4 Å². The lowest BCUT2D eigenvalue weighted by atomic mass is 9.99. The summed E-state index contributed by atoms with van der Waals surface area (Å²) in [6.07, 6.45) is 1.37. The van der Waals surface area contributed by atoms with Gasteiger partial charge in [0.05, 0.1) is 11.3 Å². The lowest BCUT2D eigenvalue weighted by Gasteiger charge is -2.32. The van der Waals surface area contributed by atoms with Gasteiger partial charge in [-0.25, -0.2) is 19.4 Å². The first-order chi connectivity index (χ1) is 16.8. The third-order valence-electron chi connectivity index (χ3n) is 5.82. The Bertz CT molecular complexity index is 1160. The van der Waals surface area contributed by atoms with Crippen molar-refractivity contribution < 1.29 is 18.3 Å². The molecule has 12 heteroatoms. The monoisotopic (exact) mass is 505 g/mol. The zero-order chi connectivity index (χ0) is 24.9. The molecule has 2 aromatic heterocycles. The maximum atomic E-state index is 13.4. The number of rotatable bonds is 8. The highest BCUT2D eigenvalue weighted by molar-refractivity contribution is 6.29. The van der Waals surface area contributed by atoms with Crippen LogP contribution in [0.25, 0.3) is 11.4 Å². The van der Waals surface area contributed by atoms with Gasteiger partial charge < -0.3 is 15.4 Å². The van der Waals surface area contributed by atoms with Gasteiger partial charge in [0.15, 0.2) is 0 Å².